The van der Waals surface area contributed by atoms with Crippen molar-refractivity contribution in [2.45, 2.75) is 32.4 Å². The van der Waals surface area contributed by atoms with Gasteiger partial charge >= 0.3 is 0 Å². The smallest absolute Gasteiger partial charge is 0.134 e. The standard InChI is InChI=1S/C21H23ClN4/c22-19-9-5-4-8-18(19)16-25-13-12-21-24-23-20(26(21)15-14-25)11-10-17-6-2-1-3-7-17/h1-9H,10-16H2. The van der Waals surface area contributed by atoms with E-state index in [0.29, 0.717) is 0 Å². The third-order valence-corrected chi connectivity index (χ3v) is 5.40. The fourth-order valence-electron chi connectivity index (χ4n) is 3.54. The van der Waals surface area contributed by atoms with Crippen LogP contribution in [0.2, 0.25) is 5.02 Å². The average Bonchev–Trinajstić information content (AvgIpc) is 2.95. The first kappa shape index (κ1) is 17.3. The fourth-order valence-corrected chi connectivity index (χ4v) is 3.73. The Morgan fingerprint density at radius 1 is 0.846 bits per heavy atom. The van der Waals surface area contributed by atoms with Crippen LogP contribution >= 0.6 is 11.6 Å². The molecule has 4 rings (SSSR count). The Bertz CT molecular complexity index is 859. The van der Waals surface area contributed by atoms with Gasteiger partial charge in [0.1, 0.15) is 11.6 Å². The van der Waals surface area contributed by atoms with Gasteiger partial charge in [-0.2, -0.15) is 0 Å². The number of benzene rings is 2. The molecular weight excluding hydrogens is 344 g/mol. The summed E-state index contributed by atoms with van der Waals surface area (Å²) < 4.78 is 2.32. The number of hydrogen-bond donors (Lipinski definition) is 0. The normalized spacial score (nSPS) is 14.8. The van der Waals surface area contributed by atoms with Crippen molar-refractivity contribution < 1.29 is 0 Å². The Balaban J connectivity index is 1.40. The first-order valence-electron chi connectivity index (χ1n) is 9.20. The van der Waals surface area contributed by atoms with Crippen LogP contribution in [0, 0.1) is 0 Å². The molecule has 1 aliphatic rings. The molecule has 0 saturated heterocycles. The summed E-state index contributed by atoms with van der Waals surface area (Å²) in [5.41, 5.74) is 2.54. The van der Waals surface area contributed by atoms with E-state index >= 15 is 0 Å². The number of rotatable bonds is 5. The summed E-state index contributed by atoms with van der Waals surface area (Å²) in [7, 11) is 0. The first-order valence-corrected chi connectivity index (χ1v) is 9.58. The van der Waals surface area contributed by atoms with Crippen molar-refractivity contribution in [2.24, 2.45) is 0 Å². The van der Waals surface area contributed by atoms with Crippen molar-refractivity contribution in [2.75, 3.05) is 13.1 Å². The second-order valence-corrected chi connectivity index (χ2v) is 7.19. The van der Waals surface area contributed by atoms with Gasteiger partial charge in [0.05, 0.1) is 0 Å². The van der Waals surface area contributed by atoms with E-state index in [1.54, 1.807) is 0 Å². The van der Waals surface area contributed by atoms with Gasteiger partial charge in [0, 0.05) is 44.0 Å². The van der Waals surface area contributed by atoms with Gasteiger partial charge in [0.25, 0.3) is 0 Å². The third kappa shape index (κ3) is 3.97. The Labute approximate surface area is 159 Å². The molecule has 0 radical (unpaired) electrons. The lowest BCUT2D eigenvalue weighted by atomic mass is 10.1. The number of halogens is 1. The van der Waals surface area contributed by atoms with Crippen molar-refractivity contribution >= 4 is 11.6 Å². The summed E-state index contributed by atoms with van der Waals surface area (Å²) in [5.74, 6) is 2.21. The fraction of sp³-hybridized carbons (Fsp3) is 0.333. The summed E-state index contributed by atoms with van der Waals surface area (Å²) >= 11 is 6.32. The van der Waals surface area contributed by atoms with Crippen molar-refractivity contribution in [3.63, 3.8) is 0 Å². The van der Waals surface area contributed by atoms with Gasteiger partial charge in [0.15, 0.2) is 0 Å². The van der Waals surface area contributed by atoms with E-state index in [9.17, 15) is 0 Å². The highest BCUT2D eigenvalue weighted by molar-refractivity contribution is 6.31. The monoisotopic (exact) mass is 366 g/mol. The SMILES string of the molecule is Clc1ccccc1CN1CCc2nnc(CCc3ccccc3)n2CC1. The van der Waals surface area contributed by atoms with Gasteiger partial charge in [-0.25, -0.2) is 0 Å². The second-order valence-electron chi connectivity index (χ2n) is 6.79. The molecule has 26 heavy (non-hydrogen) atoms. The molecule has 4 nitrogen and oxygen atoms in total. The minimum absolute atomic E-state index is 0.847. The van der Waals surface area contributed by atoms with Gasteiger partial charge in [-0.1, -0.05) is 60.1 Å². The summed E-state index contributed by atoms with van der Waals surface area (Å²) in [4.78, 5) is 2.46. The summed E-state index contributed by atoms with van der Waals surface area (Å²) in [6.45, 7) is 3.81. The van der Waals surface area contributed by atoms with E-state index in [-0.39, 0.29) is 0 Å². The highest BCUT2D eigenvalue weighted by Crippen LogP contribution is 2.19. The molecule has 0 saturated carbocycles. The van der Waals surface area contributed by atoms with Gasteiger partial charge in [0.2, 0.25) is 0 Å². The molecule has 2 aromatic carbocycles. The number of nitrogens with zero attached hydrogens (tertiary/aromatic N) is 4. The molecular formula is C21H23ClN4. The molecule has 134 valence electrons. The summed E-state index contributed by atoms with van der Waals surface area (Å²) in [5, 5.41) is 9.75. The molecule has 0 aliphatic carbocycles. The van der Waals surface area contributed by atoms with Gasteiger partial charge in [-0.3, -0.25) is 4.90 Å². The second kappa shape index (κ2) is 8.02. The van der Waals surface area contributed by atoms with Crippen molar-refractivity contribution in [1.29, 1.82) is 0 Å². The highest BCUT2D eigenvalue weighted by atomic mass is 35.5. The zero-order valence-corrected chi connectivity index (χ0v) is 15.6. The Kier molecular flexibility index (Phi) is 5.32. The number of aryl methyl sites for hydroxylation is 2. The number of fused-ring (bicyclic) bond motifs is 1. The third-order valence-electron chi connectivity index (χ3n) is 5.03. The quantitative estimate of drug-likeness (QED) is 0.689. The largest absolute Gasteiger partial charge is 0.314 e. The molecule has 3 aromatic rings. The lowest BCUT2D eigenvalue weighted by Crippen LogP contribution is -2.27. The number of aromatic nitrogens is 3. The maximum Gasteiger partial charge on any atom is 0.134 e. The molecule has 5 heteroatoms. The molecule has 0 spiro atoms. The van der Waals surface area contributed by atoms with Crippen molar-refractivity contribution in [3.05, 3.63) is 82.4 Å². The van der Waals surface area contributed by atoms with Crippen LogP contribution in [-0.4, -0.2) is 32.8 Å². The van der Waals surface area contributed by atoms with Crippen LogP contribution in [0.25, 0.3) is 0 Å². The predicted octanol–water partition coefficient (Wildman–Crippen LogP) is 3.78. The van der Waals surface area contributed by atoms with Crippen LogP contribution in [0.5, 0.6) is 0 Å². The van der Waals surface area contributed by atoms with Crippen molar-refractivity contribution in [3.8, 4) is 0 Å². The molecule has 2 heterocycles. The van der Waals surface area contributed by atoms with E-state index in [1.807, 2.05) is 12.1 Å². The first-order chi connectivity index (χ1) is 12.8. The lowest BCUT2D eigenvalue weighted by molar-refractivity contribution is 0.270. The van der Waals surface area contributed by atoms with E-state index in [1.165, 1.54) is 11.1 Å². The Hall–Kier alpha value is -2.17. The van der Waals surface area contributed by atoms with E-state index < -0.39 is 0 Å². The van der Waals surface area contributed by atoms with E-state index in [4.69, 9.17) is 11.6 Å². The summed E-state index contributed by atoms with van der Waals surface area (Å²) in [6.07, 6.45) is 2.87. The van der Waals surface area contributed by atoms with Crippen LogP contribution in [-0.2, 0) is 32.4 Å². The molecule has 0 amide bonds. The van der Waals surface area contributed by atoms with E-state index in [0.717, 1.165) is 62.1 Å². The topological polar surface area (TPSA) is 34.0 Å². The molecule has 0 unspecified atom stereocenters. The zero-order chi connectivity index (χ0) is 17.8. The Morgan fingerprint density at radius 3 is 2.50 bits per heavy atom. The molecule has 1 aromatic heterocycles. The van der Waals surface area contributed by atoms with Gasteiger partial charge < -0.3 is 4.57 Å². The van der Waals surface area contributed by atoms with Crippen LogP contribution in [0.3, 0.4) is 0 Å². The molecule has 1 aliphatic heterocycles. The molecule has 0 fully saturated rings. The maximum absolute atomic E-state index is 6.32. The van der Waals surface area contributed by atoms with Crippen LogP contribution < -0.4 is 0 Å². The van der Waals surface area contributed by atoms with Crippen LogP contribution in [0.4, 0.5) is 0 Å². The van der Waals surface area contributed by atoms with Crippen molar-refractivity contribution in [1.82, 2.24) is 19.7 Å². The number of hydrogen-bond acceptors (Lipinski definition) is 3. The van der Waals surface area contributed by atoms with Crippen LogP contribution in [0.15, 0.2) is 54.6 Å². The molecule has 0 bridgehead atoms. The minimum Gasteiger partial charge on any atom is -0.314 e. The predicted molar refractivity (Wildman–Crippen MR) is 104 cm³/mol. The summed E-state index contributed by atoms with van der Waals surface area (Å²) in [6, 6.07) is 18.7. The van der Waals surface area contributed by atoms with Gasteiger partial charge in [-0.15, -0.1) is 10.2 Å². The molecule has 0 N–H and O–H groups in total. The van der Waals surface area contributed by atoms with E-state index in [2.05, 4.69) is 62.1 Å². The van der Waals surface area contributed by atoms with Gasteiger partial charge in [-0.05, 0) is 23.6 Å². The Morgan fingerprint density at radius 2 is 1.65 bits per heavy atom. The van der Waals surface area contributed by atoms with Crippen LogP contribution in [0.1, 0.15) is 22.8 Å². The average molecular weight is 367 g/mol. The lowest BCUT2D eigenvalue weighted by Gasteiger charge is -2.20. The molecule has 0 atom stereocenters. The minimum atomic E-state index is 0.847. The maximum atomic E-state index is 6.32. The zero-order valence-electron chi connectivity index (χ0n) is 14.8. The highest BCUT2D eigenvalue weighted by Gasteiger charge is 2.19.